The molecule has 1 saturated carbocycles. The summed E-state index contributed by atoms with van der Waals surface area (Å²) in [6.45, 7) is 1.37. The van der Waals surface area contributed by atoms with Crippen LogP contribution in [-0.4, -0.2) is 37.0 Å². The van der Waals surface area contributed by atoms with E-state index in [4.69, 9.17) is 5.73 Å². The first-order valence-electron chi connectivity index (χ1n) is 5.24. The molecule has 1 fully saturated rings. The van der Waals surface area contributed by atoms with Gasteiger partial charge < -0.3 is 5.73 Å². The van der Waals surface area contributed by atoms with Crippen LogP contribution in [0.1, 0.15) is 26.2 Å². The second kappa shape index (κ2) is 4.53. The zero-order chi connectivity index (χ0) is 10.8. The topological polar surface area (TPSA) is 29.3 Å². The molecule has 0 aromatic rings. The molecule has 0 radical (unpaired) electrons. The van der Waals surface area contributed by atoms with Crippen molar-refractivity contribution < 1.29 is 8.78 Å². The van der Waals surface area contributed by atoms with Crippen LogP contribution in [0.3, 0.4) is 0 Å². The van der Waals surface area contributed by atoms with Gasteiger partial charge in [0.15, 0.2) is 0 Å². The molecule has 0 saturated heterocycles. The van der Waals surface area contributed by atoms with Gasteiger partial charge in [0.2, 0.25) is 0 Å². The van der Waals surface area contributed by atoms with Gasteiger partial charge in [-0.05, 0) is 25.8 Å². The Labute approximate surface area is 84.4 Å². The fraction of sp³-hybridized carbons (Fsp3) is 1.00. The third-order valence-electron chi connectivity index (χ3n) is 3.16. The van der Waals surface area contributed by atoms with E-state index < -0.39 is 12.5 Å². The van der Waals surface area contributed by atoms with Gasteiger partial charge in [-0.15, -0.1) is 0 Å². The van der Waals surface area contributed by atoms with Gasteiger partial charge in [-0.25, -0.2) is 8.78 Å². The van der Waals surface area contributed by atoms with Gasteiger partial charge in [-0.2, -0.15) is 0 Å². The SMILES string of the molecule is CC1CCCC1N(C)CC(F)(F)CN. The van der Waals surface area contributed by atoms with Gasteiger partial charge in [-0.1, -0.05) is 13.3 Å². The highest BCUT2D eigenvalue weighted by atomic mass is 19.3. The summed E-state index contributed by atoms with van der Waals surface area (Å²) in [5.74, 6) is -2.20. The highest BCUT2D eigenvalue weighted by Gasteiger charge is 2.34. The highest BCUT2D eigenvalue weighted by molar-refractivity contribution is 4.84. The lowest BCUT2D eigenvalue weighted by Crippen LogP contribution is -2.45. The molecule has 2 N–H and O–H groups in total. The van der Waals surface area contributed by atoms with Gasteiger partial charge in [0, 0.05) is 6.04 Å². The molecule has 0 aromatic carbocycles. The van der Waals surface area contributed by atoms with Crippen molar-refractivity contribution in [2.75, 3.05) is 20.1 Å². The highest BCUT2D eigenvalue weighted by Crippen LogP contribution is 2.29. The summed E-state index contributed by atoms with van der Waals surface area (Å²) in [5.41, 5.74) is 5.01. The maximum Gasteiger partial charge on any atom is 0.272 e. The number of nitrogens with zero attached hydrogens (tertiary/aromatic N) is 1. The molecule has 1 aliphatic rings. The van der Waals surface area contributed by atoms with Crippen LogP contribution in [0.15, 0.2) is 0 Å². The van der Waals surface area contributed by atoms with Crippen LogP contribution in [0.4, 0.5) is 8.78 Å². The molecule has 1 rings (SSSR count). The first-order valence-corrected chi connectivity index (χ1v) is 5.24. The lowest BCUT2D eigenvalue weighted by atomic mass is 10.0. The van der Waals surface area contributed by atoms with Crippen molar-refractivity contribution >= 4 is 0 Å². The van der Waals surface area contributed by atoms with E-state index in [2.05, 4.69) is 6.92 Å². The van der Waals surface area contributed by atoms with Gasteiger partial charge in [0.1, 0.15) is 0 Å². The lowest BCUT2D eigenvalue weighted by molar-refractivity contribution is -0.0297. The first kappa shape index (κ1) is 11.9. The van der Waals surface area contributed by atoms with Crippen molar-refractivity contribution in [3.05, 3.63) is 0 Å². The zero-order valence-electron chi connectivity index (χ0n) is 8.97. The van der Waals surface area contributed by atoms with E-state index in [0.29, 0.717) is 12.0 Å². The Morgan fingerprint density at radius 3 is 2.50 bits per heavy atom. The van der Waals surface area contributed by atoms with Crippen molar-refractivity contribution in [2.24, 2.45) is 11.7 Å². The minimum atomic E-state index is -2.74. The summed E-state index contributed by atoms with van der Waals surface area (Å²) in [6, 6.07) is 0.312. The number of nitrogens with two attached hydrogens (primary N) is 1. The maximum absolute atomic E-state index is 13.0. The first-order chi connectivity index (χ1) is 6.46. The molecule has 84 valence electrons. The van der Waals surface area contributed by atoms with E-state index in [0.717, 1.165) is 19.3 Å². The standard InChI is InChI=1S/C10H20F2N2/c1-8-4-3-5-9(8)14(2)7-10(11,12)6-13/h8-9H,3-7,13H2,1-2H3. The number of hydrogen-bond donors (Lipinski definition) is 1. The number of hydrogen-bond acceptors (Lipinski definition) is 2. The van der Waals surface area contributed by atoms with E-state index in [1.165, 1.54) is 0 Å². The minimum Gasteiger partial charge on any atom is -0.325 e. The summed E-state index contributed by atoms with van der Waals surface area (Å²) >= 11 is 0. The molecule has 2 atom stereocenters. The molecule has 0 bridgehead atoms. The molecule has 2 nitrogen and oxygen atoms in total. The molecule has 14 heavy (non-hydrogen) atoms. The third-order valence-corrected chi connectivity index (χ3v) is 3.16. The van der Waals surface area contributed by atoms with Crippen LogP contribution < -0.4 is 5.73 Å². The van der Waals surface area contributed by atoms with Gasteiger partial charge in [-0.3, -0.25) is 4.90 Å². The van der Waals surface area contributed by atoms with Crippen molar-refractivity contribution in [1.82, 2.24) is 4.90 Å². The Hall–Kier alpha value is -0.220. The second-order valence-electron chi connectivity index (χ2n) is 4.45. The molecule has 0 aromatic heterocycles. The van der Waals surface area contributed by atoms with E-state index in [9.17, 15) is 8.78 Å². The van der Waals surface area contributed by atoms with Crippen LogP contribution in [0.2, 0.25) is 0 Å². The van der Waals surface area contributed by atoms with E-state index in [1.54, 1.807) is 11.9 Å². The average Bonchev–Trinajstić information content (AvgIpc) is 2.51. The van der Waals surface area contributed by atoms with E-state index in [1.807, 2.05) is 0 Å². The molecule has 2 unspecified atom stereocenters. The monoisotopic (exact) mass is 206 g/mol. The van der Waals surface area contributed by atoms with E-state index in [-0.39, 0.29) is 6.54 Å². The smallest absolute Gasteiger partial charge is 0.272 e. The average molecular weight is 206 g/mol. The Balaban J connectivity index is 2.45. The largest absolute Gasteiger partial charge is 0.325 e. The molecule has 4 heteroatoms. The molecule has 0 spiro atoms. The minimum absolute atomic E-state index is 0.210. The van der Waals surface area contributed by atoms with Crippen LogP contribution in [-0.2, 0) is 0 Å². The van der Waals surface area contributed by atoms with Gasteiger partial charge in [0.25, 0.3) is 5.92 Å². The van der Waals surface area contributed by atoms with Crippen molar-refractivity contribution in [3.8, 4) is 0 Å². The third kappa shape index (κ3) is 2.89. The van der Waals surface area contributed by atoms with Crippen LogP contribution >= 0.6 is 0 Å². The summed E-state index contributed by atoms with van der Waals surface area (Å²) in [7, 11) is 1.77. The van der Waals surface area contributed by atoms with Crippen molar-refractivity contribution in [2.45, 2.75) is 38.2 Å². The molecule has 0 aliphatic heterocycles. The van der Waals surface area contributed by atoms with Crippen LogP contribution in [0.25, 0.3) is 0 Å². The predicted octanol–water partition coefficient (Wildman–Crippen LogP) is 1.70. The fourth-order valence-corrected chi connectivity index (χ4v) is 2.33. The Bertz CT molecular complexity index is 185. The normalized spacial score (nSPS) is 28.7. The van der Waals surface area contributed by atoms with Crippen molar-refractivity contribution in [1.29, 1.82) is 0 Å². The van der Waals surface area contributed by atoms with Gasteiger partial charge >= 0.3 is 0 Å². The fourth-order valence-electron chi connectivity index (χ4n) is 2.33. The number of rotatable bonds is 4. The summed E-state index contributed by atoms with van der Waals surface area (Å²) < 4.78 is 26.0. The Kier molecular flexibility index (Phi) is 3.84. The Morgan fingerprint density at radius 2 is 2.07 bits per heavy atom. The maximum atomic E-state index is 13.0. The van der Waals surface area contributed by atoms with Gasteiger partial charge in [0.05, 0.1) is 13.1 Å². The zero-order valence-corrected chi connectivity index (χ0v) is 8.97. The van der Waals surface area contributed by atoms with E-state index >= 15 is 0 Å². The van der Waals surface area contributed by atoms with Crippen molar-refractivity contribution in [3.63, 3.8) is 0 Å². The number of alkyl halides is 2. The lowest BCUT2D eigenvalue weighted by Gasteiger charge is -2.30. The molecular formula is C10H20F2N2. The molecule has 0 amide bonds. The molecule has 1 aliphatic carbocycles. The van der Waals surface area contributed by atoms with Crippen LogP contribution in [0, 0.1) is 5.92 Å². The quantitative estimate of drug-likeness (QED) is 0.758. The molecular weight excluding hydrogens is 186 g/mol. The summed E-state index contributed by atoms with van der Waals surface area (Å²) in [5, 5.41) is 0. The summed E-state index contributed by atoms with van der Waals surface area (Å²) in [4.78, 5) is 1.77. The number of halogens is 2. The summed E-state index contributed by atoms with van der Waals surface area (Å²) in [6.07, 6.45) is 3.35. The Morgan fingerprint density at radius 1 is 1.43 bits per heavy atom. The van der Waals surface area contributed by atoms with Crippen LogP contribution in [0.5, 0.6) is 0 Å². The molecule has 0 heterocycles. The second-order valence-corrected chi connectivity index (χ2v) is 4.45. The predicted molar refractivity (Wildman–Crippen MR) is 53.4 cm³/mol.